The minimum atomic E-state index is -0.189. The van der Waals surface area contributed by atoms with E-state index in [1.165, 1.54) is 0 Å². The Morgan fingerprint density at radius 3 is 2.86 bits per heavy atom. The van der Waals surface area contributed by atoms with E-state index >= 15 is 0 Å². The summed E-state index contributed by atoms with van der Waals surface area (Å²) in [4.78, 5) is 14.5. The van der Waals surface area contributed by atoms with Crippen LogP contribution in [0, 0.1) is 11.8 Å². The van der Waals surface area contributed by atoms with Crippen LogP contribution in [0.3, 0.4) is 0 Å². The van der Waals surface area contributed by atoms with Gasteiger partial charge in [-0.2, -0.15) is 0 Å². The fraction of sp³-hybridized carbons (Fsp3) is 0.471. The van der Waals surface area contributed by atoms with Crippen LogP contribution in [0.4, 0.5) is 0 Å². The minimum Gasteiger partial charge on any atom is -0.384 e. The zero-order valence-corrected chi connectivity index (χ0v) is 12.9. The second-order valence-corrected chi connectivity index (χ2v) is 4.79. The third kappa shape index (κ3) is 5.22. The maximum Gasteiger partial charge on any atom is 0.254 e. The molecule has 1 rings (SSSR count). The van der Waals surface area contributed by atoms with Gasteiger partial charge in [0.25, 0.3) is 5.91 Å². The Morgan fingerprint density at radius 1 is 1.48 bits per heavy atom. The summed E-state index contributed by atoms with van der Waals surface area (Å²) < 4.78 is 5.09. The average Bonchev–Trinajstić information content (AvgIpc) is 2.52. The quantitative estimate of drug-likeness (QED) is 0.814. The van der Waals surface area contributed by atoms with Crippen molar-refractivity contribution < 1.29 is 14.6 Å². The van der Waals surface area contributed by atoms with Gasteiger partial charge in [-0.15, -0.1) is 0 Å². The van der Waals surface area contributed by atoms with Crippen molar-refractivity contribution in [3.8, 4) is 11.8 Å². The van der Waals surface area contributed by atoms with Gasteiger partial charge in [0.1, 0.15) is 6.61 Å². The van der Waals surface area contributed by atoms with E-state index in [2.05, 4.69) is 18.8 Å². The van der Waals surface area contributed by atoms with Crippen LogP contribution in [-0.2, 0) is 4.74 Å². The smallest absolute Gasteiger partial charge is 0.254 e. The summed E-state index contributed by atoms with van der Waals surface area (Å²) in [7, 11) is 1.63. The van der Waals surface area contributed by atoms with Crippen molar-refractivity contribution >= 4 is 5.91 Å². The maximum atomic E-state index is 12.6. The van der Waals surface area contributed by atoms with Gasteiger partial charge in [-0.3, -0.25) is 4.79 Å². The van der Waals surface area contributed by atoms with Crippen molar-refractivity contribution in [1.82, 2.24) is 4.90 Å². The highest BCUT2D eigenvalue weighted by Crippen LogP contribution is 2.12. The second kappa shape index (κ2) is 9.17. The van der Waals surface area contributed by atoms with Crippen LogP contribution in [0.1, 0.15) is 36.2 Å². The van der Waals surface area contributed by atoms with Gasteiger partial charge in [0, 0.05) is 30.8 Å². The summed E-state index contributed by atoms with van der Waals surface area (Å²) in [5.41, 5.74) is 1.34. The fourth-order valence-electron chi connectivity index (χ4n) is 1.97. The van der Waals surface area contributed by atoms with Crippen LogP contribution in [0.2, 0.25) is 0 Å². The van der Waals surface area contributed by atoms with Gasteiger partial charge in [-0.05, 0) is 31.5 Å². The van der Waals surface area contributed by atoms with E-state index in [1.807, 2.05) is 17.9 Å². The van der Waals surface area contributed by atoms with E-state index in [4.69, 9.17) is 9.84 Å². The third-order valence-corrected chi connectivity index (χ3v) is 3.34. The van der Waals surface area contributed by atoms with Crippen LogP contribution < -0.4 is 0 Å². The predicted molar refractivity (Wildman–Crippen MR) is 83.1 cm³/mol. The molecule has 0 saturated carbocycles. The highest BCUT2D eigenvalue weighted by Gasteiger charge is 2.20. The second-order valence-electron chi connectivity index (χ2n) is 4.79. The van der Waals surface area contributed by atoms with Crippen molar-refractivity contribution in [3.05, 3.63) is 35.4 Å². The first kappa shape index (κ1) is 17.2. The van der Waals surface area contributed by atoms with Crippen LogP contribution in [0.25, 0.3) is 0 Å². The van der Waals surface area contributed by atoms with E-state index in [9.17, 15) is 4.79 Å². The molecule has 0 aromatic heterocycles. The Labute approximate surface area is 126 Å². The van der Waals surface area contributed by atoms with E-state index in [-0.39, 0.29) is 18.6 Å². The molecule has 1 atom stereocenters. The van der Waals surface area contributed by atoms with Crippen molar-refractivity contribution in [2.45, 2.75) is 26.3 Å². The lowest BCUT2D eigenvalue weighted by Gasteiger charge is -2.28. The maximum absolute atomic E-state index is 12.6. The molecule has 0 bridgehead atoms. The highest BCUT2D eigenvalue weighted by atomic mass is 16.5. The standard InChI is InChI=1S/C17H23NO3/c1-4-14(2)18(10-12-21-3)17(20)16-9-5-7-15(13-16)8-6-11-19/h5,7,9,13-14,19H,4,10-12H2,1-3H3. The molecule has 1 aromatic carbocycles. The number of aliphatic hydroxyl groups is 1. The number of methoxy groups -OCH3 is 1. The SMILES string of the molecule is CCC(C)N(CCOC)C(=O)c1cccc(C#CCO)c1. The summed E-state index contributed by atoms with van der Waals surface area (Å²) in [5.74, 6) is 5.39. The molecule has 0 spiro atoms. The number of hydrogen-bond acceptors (Lipinski definition) is 3. The van der Waals surface area contributed by atoms with Crippen molar-refractivity contribution in [2.24, 2.45) is 0 Å². The number of benzene rings is 1. The Hall–Kier alpha value is -1.83. The first-order chi connectivity index (χ1) is 10.1. The summed E-state index contributed by atoms with van der Waals surface area (Å²) in [6, 6.07) is 7.32. The van der Waals surface area contributed by atoms with Crippen LogP contribution in [-0.4, -0.2) is 48.8 Å². The highest BCUT2D eigenvalue weighted by molar-refractivity contribution is 5.94. The molecule has 1 N–H and O–H groups in total. The summed E-state index contributed by atoms with van der Waals surface area (Å²) in [6.07, 6.45) is 0.888. The van der Waals surface area contributed by atoms with Gasteiger partial charge < -0.3 is 14.7 Å². The zero-order chi connectivity index (χ0) is 15.7. The van der Waals surface area contributed by atoms with Gasteiger partial charge in [0.2, 0.25) is 0 Å². The third-order valence-electron chi connectivity index (χ3n) is 3.34. The number of carbonyl (C=O) groups is 1. The Morgan fingerprint density at radius 2 is 2.24 bits per heavy atom. The number of rotatable bonds is 6. The number of ether oxygens (including phenoxy) is 1. The lowest BCUT2D eigenvalue weighted by Crippen LogP contribution is -2.40. The largest absolute Gasteiger partial charge is 0.384 e. The molecule has 1 aromatic rings. The van der Waals surface area contributed by atoms with Crippen molar-refractivity contribution in [3.63, 3.8) is 0 Å². The average molecular weight is 289 g/mol. The molecular weight excluding hydrogens is 266 g/mol. The summed E-state index contributed by atoms with van der Waals surface area (Å²) in [5, 5.41) is 8.73. The topological polar surface area (TPSA) is 49.8 Å². The van der Waals surface area contributed by atoms with Gasteiger partial charge in [-0.1, -0.05) is 24.8 Å². The number of hydrogen-bond donors (Lipinski definition) is 1. The summed E-state index contributed by atoms with van der Waals surface area (Å²) >= 11 is 0. The van der Waals surface area contributed by atoms with E-state index in [1.54, 1.807) is 25.3 Å². The number of carbonyl (C=O) groups excluding carboxylic acids is 1. The molecule has 21 heavy (non-hydrogen) atoms. The number of amides is 1. The van der Waals surface area contributed by atoms with Gasteiger partial charge in [0.05, 0.1) is 6.61 Å². The molecule has 1 amide bonds. The Kier molecular flexibility index (Phi) is 7.52. The molecule has 0 heterocycles. The molecule has 0 aliphatic rings. The van der Waals surface area contributed by atoms with Gasteiger partial charge in [0.15, 0.2) is 0 Å². The molecule has 0 fully saturated rings. The lowest BCUT2D eigenvalue weighted by atomic mass is 10.1. The molecule has 1 unspecified atom stereocenters. The Balaban J connectivity index is 2.97. The molecule has 0 aliphatic heterocycles. The number of nitrogens with zero attached hydrogens (tertiary/aromatic N) is 1. The summed E-state index contributed by atoms with van der Waals surface area (Å²) in [6.45, 7) is 4.98. The lowest BCUT2D eigenvalue weighted by molar-refractivity contribution is 0.0614. The molecular formula is C17H23NO3. The first-order valence-electron chi connectivity index (χ1n) is 7.13. The van der Waals surface area contributed by atoms with Crippen LogP contribution in [0.5, 0.6) is 0 Å². The predicted octanol–water partition coefficient (Wildman–Crippen LogP) is 1.92. The molecule has 0 radical (unpaired) electrons. The molecule has 4 nitrogen and oxygen atoms in total. The normalized spacial score (nSPS) is 11.4. The van der Waals surface area contributed by atoms with Gasteiger partial charge >= 0.3 is 0 Å². The monoisotopic (exact) mass is 289 g/mol. The van der Waals surface area contributed by atoms with Gasteiger partial charge in [-0.25, -0.2) is 0 Å². The van der Waals surface area contributed by atoms with Crippen molar-refractivity contribution in [2.75, 3.05) is 26.9 Å². The first-order valence-corrected chi connectivity index (χ1v) is 7.13. The molecule has 114 valence electrons. The molecule has 4 heteroatoms. The van der Waals surface area contributed by atoms with Crippen LogP contribution >= 0.6 is 0 Å². The van der Waals surface area contributed by atoms with Crippen molar-refractivity contribution in [1.29, 1.82) is 0 Å². The zero-order valence-electron chi connectivity index (χ0n) is 12.9. The van der Waals surface area contributed by atoms with Crippen LogP contribution in [0.15, 0.2) is 24.3 Å². The van der Waals surface area contributed by atoms with E-state index in [0.717, 1.165) is 12.0 Å². The molecule has 0 saturated heterocycles. The van der Waals surface area contributed by atoms with E-state index in [0.29, 0.717) is 18.7 Å². The minimum absolute atomic E-state index is 0.0194. The number of aliphatic hydroxyl groups excluding tert-OH is 1. The molecule has 0 aliphatic carbocycles. The Bertz CT molecular complexity index is 516. The fourth-order valence-corrected chi connectivity index (χ4v) is 1.97. The van der Waals surface area contributed by atoms with E-state index < -0.39 is 0 Å².